The SMILES string of the molecule is COCCOCCOc1ccc(C(C)(C)CC(C)(C)C)cc1S(=O)(=O)Cl. The molecule has 7 heteroatoms. The molecule has 0 saturated heterocycles. The Kier molecular flexibility index (Phi) is 8.39. The molecule has 0 atom stereocenters. The maximum atomic E-state index is 12.0. The van der Waals surface area contributed by atoms with E-state index in [1.807, 2.05) is 6.07 Å². The van der Waals surface area contributed by atoms with Crippen LogP contribution < -0.4 is 4.74 Å². The Morgan fingerprint density at radius 1 is 1.00 bits per heavy atom. The number of rotatable bonds is 10. The third kappa shape index (κ3) is 7.82. The van der Waals surface area contributed by atoms with Gasteiger partial charge in [0.15, 0.2) is 0 Å². The average Bonchev–Trinajstić information content (AvgIpc) is 2.47. The molecule has 0 N–H and O–H groups in total. The highest BCUT2D eigenvalue weighted by molar-refractivity contribution is 8.13. The summed E-state index contributed by atoms with van der Waals surface area (Å²) in [6.45, 7) is 12.2. The molecule has 0 fully saturated rings. The van der Waals surface area contributed by atoms with Gasteiger partial charge in [-0.3, -0.25) is 0 Å². The zero-order valence-corrected chi connectivity index (χ0v) is 18.2. The third-order valence-electron chi connectivity index (χ3n) is 3.88. The Morgan fingerprint density at radius 3 is 2.15 bits per heavy atom. The van der Waals surface area contributed by atoms with Gasteiger partial charge in [-0.1, -0.05) is 40.7 Å². The molecule has 1 rings (SSSR count). The van der Waals surface area contributed by atoms with E-state index in [9.17, 15) is 8.42 Å². The zero-order valence-electron chi connectivity index (χ0n) is 16.6. The standard InChI is InChI=1S/C19H31ClO5S/c1-18(2,3)14-19(4,5)15-7-8-16(17(13-15)26(20,21)22)25-12-11-24-10-9-23-6/h7-8,13H,9-12,14H2,1-6H3. The van der Waals surface area contributed by atoms with E-state index in [1.165, 1.54) is 0 Å². The Hall–Kier alpha value is -0.820. The first-order valence-corrected chi connectivity index (χ1v) is 11.0. The highest BCUT2D eigenvalue weighted by atomic mass is 35.7. The first-order valence-electron chi connectivity index (χ1n) is 8.65. The van der Waals surface area contributed by atoms with Gasteiger partial charge in [0.1, 0.15) is 17.3 Å². The van der Waals surface area contributed by atoms with Crippen LogP contribution in [0.4, 0.5) is 0 Å². The van der Waals surface area contributed by atoms with Gasteiger partial charge in [0.05, 0.1) is 19.8 Å². The van der Waals surface area contributed by atoms with Gasteiger partial charge in [-0.15, -0.1) is 0 Å². The molecule has 0 heterocycles. The van der Waals surface area contributed by atoms with Gasteiger partial charge in [-0.2, -0.15) is 0 Å². The molecule has 0 aliphatic rings. The first kappa shape index (κ1) is 23.2. The maximum Gasteiger partial charge on any atom is 0.264 e. The van der Waals surface area contributed by atoms with Crippen LogP contribution >= 0.6 is 10.7 Å². The monoisotopic (exact) mass is 406 g/mol. The lowest BCUT2D eigenvalue weighted by molar-refractivity contribution is 0.0539. The van der Waals surface area contributed by atoms with Crippen molar-refractivity contribution in [3.05, 3.63) is 23.8 Å². The summed E-state index contributed by atoms with van der Waals surface area (Å²) in [4.78, 5) is -0.00413. The molecule has 0 aromatic heterocycles. The van der Waals surface area contributed by atoms with Crippen molar-refractivity contribution in [2.75, 3.05) is 33.5 Å². The molecule has 0 bridgehead atoms. The summed E-state index contributed by atoms with van der Waals surface area (Å²) in [7, 11) is 3.32. The van der Waals surface area contributed by atoms with E-state index in [1.54, 1.807) is 19.2 Å². The van der Waals surface area contributed by atoms with Crippen molar-refractivity contribution < 1.29 is 22.6 Å². The van der Waals surface area contributed by atoms with E-state index in [2.05, 4.69) is 34.6 Å². The molecule has 0 spiro atoms. The minimum absolute atomic E-state index is 0.00413. The first-order chi connectivity index (χ1) is 11.9. The van der Waals surface area contributed by atoms with Crippen molar-refractivity contribution in [2.24, 2.45) is 5.41 Å². The Labute approximate surface area is 162 Å². The molecule has 0 amide bonds. The van der Waals surface area contributed by atoms with Gasteiger partial charge in [0, 0.05) is 17.8 Å². The summed E-state index contributed by atoms with van der Waals surface area (Å²) in [5.41, 5.74) is 0.824. The van der Waals surface area contributed by atoms with Crippen LogP contribution in [0.5, 0.6) is 5.75 Å². The predicted octanol–water partition coefficient (Wildman–Crippen LogP) is 4.37. The number of benzene rings is 1. The minimum Gasteiger partial charge on any atom is -0.490 e. The summed E-state index contributed by atoms with van der Waals surface area (Å²) in [6, 6.07) is 5.19. The number of methoxy groups -OCH3 is 1. The summed E-state index contributed by atoms with van der Waals surface area (Å²) in [5, 5.41) is 0. The van der Waals surface area contributed by atoms with Crippen LogP contribution in [0.25, 0.3) is 0 Å². The fraction of sp³-hybridized carbons (Fsp3) is 0.684. The molecule has 0 aliphatic carbocycles. The smallest absolute Gasteiger partial charge is 0.264 e. The molecule has 0 aliphatic heterocycles. The fourth-order valence-corrected chi connectivity index (χ4v) is 4.12. The zero-order chi connectivity index (χ0) is 20.0. The van der Waals surface area contributed by atoms with Crippen LogP contribution in [0.15, 0.2) is 23.1 Å². The lowest BCUT2D eigenvalue weighted by Crippen LogP contribution is -2.25. The molecule has 0 saturated carbocycles. The van der Waals surface area contributed by atoms with Gasteiger partial charge in [-0.05, 0) is 34.9 Å². The van der Waals surface area contributed by atoms with Gasteiger partial charge in [0.2, 0.25) is 0 Å². The number of hydrogen-bond acceptors (Lipinski definition) is 5. The summed E-state index contributed by atoms with van der Waals surface area (Å²) in [6.07, 6.45) is 0.898. The van der Waals surface area contributed by atoms with E-state index in [0.717, 1.165) is 12.0 Å². The number of hydrogen-bond donors (Lipinski definition) is 0. The van der Waals surface area contributed by atoms with Gasteiger partial charge in [0.25, 0.3) is 9.05 Å². The van der Waals surface area contributed by atoms with Crippen LogP contribution in [0, 0.1) is 5.41 Å². The van der Waals surface area contributed by atoms with E-state index in [0.29, 0.717) is 19.8 Å². The quantitative estimate of drug-likeness (QED) is 0.426. The second-order valence-electron chi connectivity index (χ2n) is 8.17. The molecule has 1 aromatic carbocycles. The van der Waals surface area contributed by atoms with Crippen LogP contribution in [0.3, 0.4) is 0 Å². The third-order valence-corrected chi connectivity index (χ3v) is 5.22. The normalized spacial score (nSPS) is 13.0. The molecule has 26 heavy (non-hydrogen) atoms. The highest BCUT2D eigenvalue weighted by Gasteiger charge is 2.29. The summed E-state index contributed by atoms with van der Waals surface area (Å²) in [5.74, 6) is 0.241. The molecular formula is C19H31ClO5S. The summed E-state index contributed by atoms with van der Waals surface area (Å²) >= 11 is 0. The lowest BCUT2D eigenvalue weighted by Gasteiger charge is -2.33. The molecule has 150 valence electrons. The van der Waals surface area contributed by atoms with Crippen LogP contribution in [-0.4, -0.2) is 42.0 Å². The minimum atomic E-state index is -3.92. The van der Waals surface area contributed by atoms with Crippen molar-refractivity contribution in [3.8, 4) is 5.75 Å². The molecule has 5 nitrogen and oxygen atoms in total. The largest absolute Gasteiger partial charge is 0.490 e. The molecular weight excluding hydrogens is 376 g/mol. The molecule has 0 unspecified atom stereocenters. The Balaban J connectivity index is 2.97. The topological polar surface area (TPSA) is 61.8 Å². The van der Waals surface area contributed by atoms with Gasteiger partial charge in [-0.25, -0.2) is 8.42 Å². The van der Waals surface area contributed by atoms with E-state index < -0.39 is 9.05 Å². The maximum absolute atomic E-state index is 12.0. The van der Waals surface area contributed by atoms with Gasteiger partial charge < -0.3 is 14.2 Å². The Bertz CT molecular complexity index is 678. The van der Waals surface area contributed by atoms with Crippen molar-refractivity contribution in [3.63, 3.8) is 0 Å². The van der Waals surface area contributed by atoms with Crippen LogP contribution in [0.2, 0.25) is 0 Å². The molecule has 1 aromatic rings. The fourth-order valence-electron chi connectivity index (χ4n) is 3.12. The van der Waals surface area contributed by atoms with Crippen molar-refractivity contribution >= 4 is 19.7 Å². The van der Waals surface area contributed by atoms with Gasteiger partial charge >= 0.3 is 0 Å². The van der Waals surface area contributed by atoms with Crippen LogP contribution in [-0.2, 0) is 23.9 Å². The number of ether oxygens (including phenoxy) is 3. The Morgan fingerprint density at radius 2 is 1.62 bits per heavy atom. The highest BCUT2D eigenvalue weighted by Crippen LogP contribution is 2.39. The lowest BCUT2D eigenvalue weighted by atomic mass is 9.72. The average molecular weight is 407 g/mol. The molecule has 0 radical (unpaired) electrons. The van der Waals surface area contributed by atoms with E-state index >= 15 is 0 Å². The number of halogens is 1. The van der Waals surface area contributed by atoms with Crippen molar-refractivity contribution in [2.45, 2.75) is 51.3 Å². The predicted molar refractivity (Wildman–Crippen MR) is 105 cm³/mol. The van der Waals surface area contributed by atoms with Crippen molar-refractivity contribution in [1.82, 2.24) is 0 Å². The second-order valence-corrected chi connectivity index (χ2v) is 10.7. The van der Waals surface area contributed by atoms with E-state index in [4.69, 9.17) is 24.9 Å². The van der Waals surface area contributed by atoms with E-state index in [-0.39, 0.29) is 28.1 Å². The van der Waals surface area contributed by atoms with Crippen molar-refractivity contribution in [1.29, 1.82) is 0 Å². The summed E-state index contributed by atoms with van der Waals surface area (Å²) < 4.78 is 39.9. The second kappa shape index (κ2) is 9.40. The van der Waals surface area contributed by atoms with Crippen LogP contribution in [0.1, 0.15) is 46.6 Å².